The normalized spacial score (nSPS) is 22.9. The van der Waals surface area contributed by atoms with Gasteiger partial charge in [0.25, 0.3) is 0 Å². The molecule has 4 nitrogen and oxygen atoms in total. The molecule has 0 aromatic heterocycles. The second-order valence-electron chi connectivity index (χ2n) is 5.47. The molecule has 0 saturated carbocycles. The Labute approximate surface area is 99.1 Å². The van der Waals surface area contributed by atoms with E-state index in [2.05, 4.69) is 18.7 Å². The van der Waals surface area contributed by atoms with Crippen LogP contribution in [0.4, 0.5) is 0 Å². The van der Waals surface area contributed by atoms with E-state index in [1.807, 2.05) is 0 Å². The lowest BCUT2D eigenvalue weighted by Crippen LogP contribution is -2.33. The fourth-order valence-corrected chi connectivity index (χ4v) is 3.09. The van der Waals surface area contributed by atoms with E-state index in [0.29, 0.717) is 24.6 Å². The standard InChI is InChI=1S/C11H24N2O2S/c1-11(2,10-12)4-6-13-5-3-8-16(14,15)9-7-13/h3-10,12H2,1-2H3. The quantitative estimate of drug-likeness (QED) is 0.786. The van der Waals surface area contributed by atoms with Crippen LogP contribution in [0.1, 0.15) is 26.7 Å². The lowest BCUT2D eigenvalue weighted by Gasteiger charge is -2.27. The maximum absolute atomic E-state index is 11.4. The highest BCUT2D eigenvalue weighted by atomic mass is 32.2. The van der Waals surface area contributed by atoms with Crippen molar-refractivity contribution in [3.63, 3.8) is 0 Å². The van der Waals surface area contributed by atoms with E-state index in [4.69, 9.17) is 5.73 Å². The molecule has 16 heavy (non-hydrogen) atoms. The minimum absolute atomic E-state index is 0.158. The predicted molar refractivity (Wildman–Crippen MR) is 67.2 cm³/mol. The molecular formula is C11H24N2O2S. The first kappa shape index (κ1) is 13.9. The Kier molecular flexibility index (Phi) is 4.76. The van der Waals surface area contributed by atoms with Crippen molar-refractivity contribution in [2.45, 2.75) is 26.7 Å². The molecule has 1 aliphatic rings. The van der Waals surface area contributed by atoms with Crippen LogP contribution in [0.2, 0.25) is 0 Å². The first-order valence-corrected chi connectivity index (χ1v) is 7.80. The van der Waals surface area contributed by atoms with Crippen LogP contribution < -0.4 is 5.73 Å². The zero-order valence-electron chi connectivity index (χ0n) is 10.4. The lowest BCUT2D eigenvalue weighted by molar-refractivity contribution is 0.233. The topological polar surface area (TPSA) is 63.4 Å². The molecule has 0 aliphatic carbocycles. The summed E-state index contributed by atoms with van der Waals surface area (Å²) >= 11 is 0. The molecule has 0 amide bonds. The molecule has 1 saturated heterocycles. The van der Waals surface area contributed by atoms with Gasteiger partial charge in [-0.25, -0.2) is 8.42 Å². The first-order chi connectivity index (χ1) is 7.35. The van der Waals surface area contributed by atoms with E-state index < -0.39 is 9.84 Å². The van der Waals surface area contributed by atoms with Crippen molar-refractivity contribution in [2.24, 2.45) is 11.1 Å². The summed E-state index contributed by atoms with van der Waals surface area (Å²) in [6.07, 6.45) is 1.80. The second-order valence-corrected chi connectivity index (χ2v) is 7.77. The van der Waals surface area contributed by atoms with Crippen LogP contribution in [0.15, 0.2) is 0 Å². The van der Waals surface area contributed by atoms with Crippen LogP contribution in [0, 0.1) is 5.41 Å². The van der Waals surface area contributed by atoms with E-state index in [9.17, 15) is 8.42 Å². The van der Waals surface area contributed by atoms with E-state index in [0.717, 1.165) is 25.9 Å². The molecule has 0 spiro atoms. The Hall–Kier alpha value is -0.130. The first-order valence-electron chi connectivity index (χ1n) is 5.97. The van der Waals surface area contributed by atoms with Crippen molar-refractivity contribution < 1.29 is 8.42 Å². The molecule has 96 valence electrons. The summed E-state index contributed by atoms with van der Waals surface area (Å²) < 4.78 is 22.9. The second kappa shape index (κ2) is 5.47. The number of rotatable bonds is 4. The molecule has 0 unspecified atom stereocenters. The summed E-state index contributed by atoms with van der Waals surface area (Å²) in [4.78, 5) is 2.25. The van der Waals surface area contributed by atoms with Gasteiger partial charge in [0, 0.05) is 6.54 Å². The Morgan fingerprint density at radius 1 is 1.25 bits per heavy atom. The zero-order chi connectivity index (χ0) is 12.2. The van der Waals surface area contributed by atoms with Crippen molar-refractivity contribution in [3.05, 3.63) is 0 Å². The van der Waals surface area contributed by atoms with Gasteiger partial charge in [0.15, 0.2) is 9.84 Å². The van der Waals surface area contributed by atoms with Gasteiger partial charge in [-0.3, -0.25) is 0 Å². The van der Waals surface area contributed by atoms with Gasteiger partial charge in [-0.15, -0.1) is 0 Å². The van der Waals surface area contributed by atoms with E-state index in [1.54, 1.807) is 0 Å². The van der Waals surface area contributed by atoms with E-state index in [1.165, 1.54) is 0 Å². The molecular weight excluding hydrogens is 224 g/mol. The largest absolute Gasteiger partial charge is 0.330 e. The van der Waals surface area contributed by atoms with Gasteiger partial charge >= 0.3 is 0 Å². The number of hydrogen-bond acceptors (Lipinski definition) is 4. The highest BCUT2D eigenvalue weighted by Crippen LogP contribution is 2.19. The SMILES string of the molecule is CC(C)(CN)CCN1CCCS(=O)(=O)CC1. The molecule has 0 bridgehead atoms. The Morgan fingerprint density at radius 3 is 2.56 bits per heavy atom. The molecule has 1 aliphatic heterocycles. The van der Waals surface area contributed by atoms with E-state index in [-0.39, 0.29) is 5.41 Å². The summed E-state index contributed by atoms with van der Waals surface area (Å²) in [5, 5.41) is 0. The van der Waals surface area contributed by atoms with Gasteiger partial charge in [0.05, 0.1) is 11.5 Å². The fraction of sp³-hybridized carbons (Fsp3) is 1.00. The van der Waals surface area contributed by atoms with Crippen molar-refractivity contribution in [1.82, 2.24) is 4.90 Å². The molecule has 1 heterocycles. The zero-order valence-corrected chi connectivity index (χ0v) is 11.2. The molecule has 0 aromatic carbocycles. The number of nitrogens with zero attached hydrogens (tertiary/aromatic N) is 1. The lowest BCUT2D eigenvalue weighted by atomic mass is 9.89. The summed E-state index contributed by atoms with van der Waals surface area (Å²) in [5.41, 5.74) is 5.84. The molecule has 0 aromatic rings. The molecule has 0 atom stereocenters. The maximum atomic E-state index is 11.4. The van der Waals surface area contributed by atoms with Gasteiger partial charge in [-0.2, -0.15) is 0 Å². The van der Waals surface area contributed by atoms with Crippen molar-refractivity contribution in [1.29, 1.82) is 0 Å². The summed E-state index contributed by atoms with van der Waals surface area (Å²) in [6.45, 7) is 7.53. The van der Waals surface area contributed by atoms with Crippen LogP contribution in [-0.2, 0) is 9.84 Å². The van der Waals surface area contributed by atoms with Gasteiger partial charge in [-0.05, 0) is 37.9 Å². The number of hydrogen-bond donors (Lipinski definition) is 1. The summed E-state index contributed by atoms with van der Waals surface area (Å²) in [7, 11) is -2.78. The fourth-order valence-electron chi connectivity index (χ4n) is 1.78. The Balaban J connectivity index is 2.39. The minimum atomic E-state index is -2.78. The van der Waals surface area contributed by atoms with Crippen LogP contribution >= 0.6 is 0 Å². The molecule has 1 fully saturated rings. The Bertz CT molecular complexity index is 312. The average Bonchev–Trinajstić information content (AvgIpc) is 2.37. The minimum Gasteiger partial charge on any atom is -0.330 e. The van der Waals surface area contributed by atoms with Gasteiger partial charge in [0.1, 0.15) is 0 Å². The Morgan fingerprint density at radius 2 is 1.94 bits per heavy atom. The van der Waals surface area contributed by atoms with Crippen molar-refractivity contribution in [2.75, 3.05) is 37.7 Å². The third kappa shape index (κ3) is 4.80. The monoisotopic (exact) mass is 248 g/mol. The van der Waals surface area contributed by atoms with Crippen LogP contribution in [0.3, 0.4) is 0 Å². The van der Waals surface area contributed by atoms with Gasteiger partial charge < -0.3 is 10.6 Å². The molecule has 0 radical (unpaired) electrons. The van der Waals surface area contributed by atoms with Gasteiger partial charge in [-0.1, -0.05) is 13.8 Å². The third-order valence-corrected chi connectivity index (χ3v) is 5.02. The van der Waals surface area contributed by atoms with Crippen LogP contribution in [0.5, 0.6) is 0 Å². The average molecular weight is 248 g/mol. The third-order valence-electron chi connectivity index (χ3n) is 3.31. The summed E-state index contributed by atoms with van der Waals surface area (Å²) in [6, 6.07) is 0. The smallest absolute Gasteiger partial charge is 0.151 e. The number of sulfone groups is 1. The number of nitrogens with two attached hydrogens (primary N) is 1. The van der Waals surface area contributed by atoms with Crippen LogP contribution in [-0.4, -0.2) is 51.0 Å². The van der Waals surface area contributed by atoms with Crippen molar-refractivity contribution in [3.8, 4) is 0 Å². The molecule has 1 rings (SSSR count). The molecule has 5 heteroatoms. The van der Waals surface area contributed by atoms with Crippen LogP contribution in [0.25, 0.3) is 0 Å². The van der Waals surface area contributed by atoms with Gasteiger partial charge in [0.2, 0.25) is 0 Å². The van der Waals surface area contributed by atoms with E-state index >= 15 is 0 Å². The summed E-state index contributed by atoms with van der Waals surface area (Å²) in [5.74, 6) is 0.667. The maximum Gasteiger partial charge on any atom is 0.151 e. The highest BCUT2D eigenvalue weighted by molar-refractivity contribution is 7.91. The molecule has 2 N–H and O–H groups in total. The van der Waals surface area contributed by atoms with Crippen molar-refractivity contribution >= 4 is 9.84 Å². The predicted octanol–water partition coefficient (Wildman–Crippen LogP) is 0.482. The highest BCUT2D eigenvalue weighted by Gasteiger charge is 2.21.